The van der Waals surface area contributed by atoms with Gasteiger partial charge in [0, 0.05) is 5.88 Å². The van der Waals surface area contributed by atoms with Gasteiger partial charge in [0.15, 0.2) is 6.04 Å². The molecule has 190 valence electrons. The van der Waals surface area contributed by atoms with Crippen LogP contribution in [0.15, 0.2) is 72.8 Å². The third kappa shape index (κ3) is 5.43. The number of carbonyl (C=O) groups excluding carboxylic acids is 3. The number of β-lactam (4-membered cyclic amide) rings is 1. The van der Waals surface area contributed by atoms with Gasteiger partial charge in [-0.25, -0.2) is 4.79 Å². The third-order valence-corrected chi connectivity index (χ3v) is 7.42. The first-order chi connectivity index (χ1) is 17.5. The van der Waals surface area contributed by atoms with Gasteiger partial charge >= 0.3 is 5.97 Å². The van der Waals surface area contributed by atoms with E-state index in [-0.39, 0.29) is 30.2 Å². The molecule has 0 spiro atoms. The smallest absolute Gasteiger partial charge is 0.333 e. The molecule has 1 saturated carbocycles. The molecule has 1 aliphatic heterocycles. The van der Waals surface area contributed by atoms with Crippen LogP contribution >= 0.6 is 23.2 Å². The normalized spacial score (nSPS) is 23.7. The van der Waals surface area contributed by atoms with Crippen LogP contribution in [0.5, 0.6) is 0 Å². The Labute approximate surface area is 220 Å². The van der Waals surface area contributed by atoms with Gasteiger partial charge in [-0.15, -0.1) is 11.6 Å². The minimum Gasteiger partial charge on any atom is -0.459 e. The number of carbonyl (C=O) groups is 3. The number of ether oxygens (including phenoxy) is 2. The number of benzene rings is 2. The second-order valence-corrected chi connectivity index (χ2v) is 9.60. The number of esters is 1. The number of likely N-dealkylation sites (tertiary alicyclic amines) is 1. The van der Waals surface area contributed by atoms with Crippen LogP contribution in [0.4, 0.5) is 0 Å². The molecule has 36 heavy (non-hydrogen) atoms. The third-order valence-electron chi connectivity index (χ3n) is 6.63. The Morgan fingerprint density at radius 1 is 1.08 bits per heavy atom. The molecule has 2 fully saturated rings. The first kappa shape index (κ1) is 26.2. The van der Waals surface area contributed by atoms with E-state index in [1.807, 2.05) is 60.7 Å². The molecule has 2 aromatic rings. The molecule has 0 aromatic heterocycles. The summed E-state index contributed by atoms with van der Waals surface area (Å²) in [5.41, 5.74) is 1.18. The van der Waals surface area contributed by atoms with Gasteiger partial charge in [-0.1, -0.05) is 78.8 Å². The van der Waals surface area contributed by atoms with Gasteiger partial charge in [0.05, 0.1) is 18.8 Å². The first-order valence-electron chi connectivity index (χ1n) is 11.7. The Morgan fingerprint density at radius 3 is 2.19 bits per heavy atom. The topological polar surface area (TPSA) is 76.2 Å². The summed E-state index contributed by atoms with van der Waals surface area (Å²) in [5.74, 6) is -1.19. The molecule has 1 aliphatic carbocycles. The maximum atomic E-state index is 13.3. The van der Waals surface area contributed by atoms with Crippen LogP contribution in [-0.4, -0.2) is 63.7 Å². The fourth-order valence-corrected chi connectivity index (χ4v) is 5.07. The maximum Gasteiger partial charge on any atom is 0.333 e. The van der Waals surface area contributed by atoms with Crippen LogP contribution < -0.4 is 0 Å². The second kappa shape index (κ2) is 11.9. The molecular weight excluding hydrogens is 503 g/mol. The van der Waals surface area contributed by atoms with Crippen molar-refractivity contribution in [1.29, 1.82) is 0 Å². The molecule has 1 saturated heterocycles. The minimum atomic E-state index is -1.14. The molecule has 7 nitrogen and oxygen atoms in total. The number of nitrogens with zero attached hydrogens (tertiary/aromatic N) is 2. The largest absolute Gasteiger partial charge is 0.459 e. The molecule has 5 unspecified atom stereocenters. The fraction of sp³-hybridized carbons (Fsp3) is 0.370. The van der Waals surface area contributed by atoms with Crippen molar-refractivity contribution >= 4 is 41.5 Å². The van der Waals surface area contributed by atoms with Gasteiger partial charge in [0.2, 0.25) is 6.41 Å². The lowest BCUT2D eigenvalue weighted by Gasteiger charge is -2.54. The Morgan fingerprint density at radius 2 is 1.69 bits per heavy atom. The first-order valence-corrected chi connectivity index (χ1v) is 12.7. The molecule has 9 heteroatoms. The Bertz CT molecular complexity index is 1080. The van der Waals surface area contributed by atoms with E-state index >= 15 is 0 Å². The van der Waals surface area contributed by atoms with E-state index in [0.717, 1.165) is 17.5 Å². The van der Waals surface area contributed by atoms with Crippen molar-refractivity contribution in [2.75, 3.05) is 5.88 Å². The lowest BCUT2D eigenvalue weighted by Crippen LogP contribution is -2.74. The van der Waals surface area contributed by atoms with Crippen molar-refractivity contribution in [3.05, 3.63) is 83.9 Å². The zero-order valence-electron chi connectivity index (χ0n) is 19.7. The molecule has 5 atom stereocenters. The predicted octanol–water partition coefficient (Wildman–Crippen LogP) is 3.88. The second-order valence-electron chi connectivity index (χ2n) is 8.88. The zero-order valence-corrected chi connectivity index (χ0v) is 21.2. The van der Waals surface area contributed by atoms with E-state index in [1.165, 1.54) is 9.80 Å². The monoisotopic (exact) mass is 530 g/mol. The number of halogens is 2. The van der Waals surface area contributed by atoms with Crippen LogP contribution in [0.25, 0.3) is 0 Å². The summed E-state index contributed by atoms with van der Waals surface area (Å²) in [7, 11) is 0. The van der Waals surface area contributed by atoms with Crippen LogP contribution in [0.1, 0.15) is 24.0 Å². The van der Waals surface area contributed by atoms with Gasteiger partial charge in [-0.3, -0.25) is 9.59 Å². The Balaban J connectivity index is 1.40. The summed E-state index contributed by atoms with van der Waals surface area (Å²) in [5, 5.41) is 0. The summed E-state index contributed by atoms with van der Waals surface area (Å²) >= 11 is 12.6. The average Bonchev–Trinajstić information content (AvgIpc) is 2.90. The van der Waals surface area contributed by atoms with E-state index < -0.39 is 29.5 Å². The van der Waals surface area contributed by atoms with Crippen molar-refractivity contribution in [2.45, 2.75) is 55.8 Å². The van der Waals surface area contributed by atoms with Crippen LogP contribution in [0.2, 0.25) is 0 Å². The fourth-order valence-electron chi connectivity index (χ4n) is 4.47. The van der Waals surface area contributed by atoms with Crippen LogP contribution in [-0.2, 0) is 37.1 Å². The highest BCUT2D eigenvalue weighted by Crippen LogP contribution is 2.38. The number of hydrogen-bond donors (Lipinski definition) is 0. The van der Waals surface area contributed by atoms with Gasteiger partial charge in [0.1, 0.15) is 18.1 Å². The molecule has 0 radical (unpaired) electrons. The molecule has 4 rings (SSSR count). The summed E-state index contributed by atoms with van der Waals surface area (Å²) in [6, 6.07) is 16.6. The lowest BCUT2D eigenvalue weighted by molar-refractivity contribution is -0.176. The van der Waals surface area contributed by atoms with Crippen molar-refractivity contribution < 1.29 is 23.9 Å². The maximum absolute atomic E-state index is 13.3. The number of alkyl halides is 2. The molecule has 1 heterocycles. The molecule has 0 N–H and O–H groups in total. The molecule has 2 aliphatic rings. The van der Waals surface area contributed by atoms with E-state index in [2.05, 4.69) is 6.58 Å². The predicted molar refractivity (Wildman–Crippen MR) is 136 cm³/mol. The van der Waals surface area contributed by atoms with Crippen molar-refractivity contribution in [2.24, 2.45) is 0 Å². The SMILES string of the molecule is C=C(CCl)C(C(=O)OCc1ccccc1)N1C(=O)C(N(C=O)C2CCC2OCc2ccccc2)C1Cl. The Kier molecular flexibility index (Phi) is 8.67. The summed E-state index contributed by atoms with van der Waals surface area (Å²) in [4.78, 5) is 40.9. The molecular formula is C27H28Cl2N2O5. The number of hydrogen-bond acceptors (Lipinski definition) is 5. The van der Waals surface area contributed by atoms with Crippen molar-refractivity contribution in [3.63, 3.8) is 0 Å². The summed E-state index contributed by atoms with van der Waals surface area (Å²) in [6.45, 7) is 4.30. The quantitative estimate of drug-likeness (QED) is 0.104. The highest BCUT2D eigenvalue weighted by molar-refractivity contribution is 6.27. The summed E-state index contributed by atoms with van der Waals surface area (Å²) < 4.78 is 11.5. The van der Waals surface area contributed by atoms with Crippen molar-refractivity contribution in [1.82, 2.24) is 9.80 Å². The van der Waals surface area contributed by atoms with Crippen LogP contribution in [0.3, 0.4) is 0 Å². The highest BCUT2D eigenvalue weighted by atomic mass is 35.5. The molecule has 2 amide bonds. The van der Waals surface area contributed by atoms with E-state index in [0.29, 0.717) is 19.4 Å². The molecule has 2 aromatic carbocycles. The van der Waals surface area contributed by atoms with Gasteiger partial charge in [-0.05, 0) is 29.5 Å². The lowest BCUT2D eigenvalue weighted by atomic mass is 9.85. The van der Waals surface area contributed by atoms with E-state index in [4.69, 9.17) is 32.7 Å². The highest BCUT2D eigenvalue weighted by Gasteiger charge is 2.57. The van der Waals surface area contributed by atoms with Gasteiger partial charge < -0.3 is 19.3 Å². The van der Waals surface area contributed by atoms with E-state index in [9.17, 15) is 14.4 Å². The van der Waals surface area contributed by atoms with Gasteiger partial charge in [0.25, 0.3) is 5.91 Å². The van der Waals surface area contributed by atoms with Crippen molar-refractivity contribution in [3.8, 4) is 0 Å². The molecule has 0 bridgehead atoms. The average molecular weight is 531 g/mol. The van der Waals surface area contributed by atoms with Gasteiger partial charge in [-0.2, -0.15) is 0 Å². The zero-order chi connectivity index (χ0) is 25.7. The van der Waals surface area contributed by atoms with E-state index in [1.54, 1.807) is 0 Å². The Hall–Kier alpha value is -2.87. The standard InChI is InChI=1S/C27H28Cl2N2O5/c1-18(14-28)23(27(34)36-16-20-10-6-3-7-11-20)31-25(29)24(26(31)33)30(17-32)21-12-13-22(21)35-15-19-8-4-2-5-9-19/h2-11,17,21-25H,1,12-16H2. The van der Waals surface area contributed by atoms with Crippen LogP contribution in [0, 0.1) is 0 Å². The summed E-state index contributed by atoms with van der Waals surface area (Å²) in [6.07, 6.45) is 1.90. The number of rotatable bonds is 12. The minimum absolute atomic E-state index is 0.0348. The number of amides is 2.